The van der Waals surface area contributed by atoms with Gasteiger partial charge in [-0.15, -0.1) is 0 Å². The van der Waals surface area contributed by atoms with E-state index in [1.165, 1.54) is 103 Å². The Labute approximate surface area is 363 Å². The van der Waals surface area contributed by atoms with Crippen LogP contribution in [-0.4, -0.2) is 37.2 Å². The third-order valence-electron chi connectivity index (χ3n) is 10.2. The summed E-state index contributed by atoms with van der Waals surface area (Å²) in [5, 5.41) is 0. The first-order valence-corrected chi connectivity index (χ1v) is 24.4. The molecule has 0 spiro atoms. The normalized spacial score (nSPS) is 12.7. The van der Waals surface area contributed by atoms with Crippen molar-refractivity contribution in [2.24, 2.45) is 0 Å². The summed E-state index contributed by atoms with van der Waals surface area (Å²) in [5.41, 5.74) is 0. The lowest BCUT2D eigenvalue weighted by Gasteiger charge is -2.18. The molecule has 0 bridgehead atoms. The molecule has 6 nitrogen and oxygen atoms in total. The highest BCUT2D eigenvalue weighted by molar-refractivity contribution is 5.71. The van der Waals surface area contributed by atoms with Crippen LogP contribution in [-0.2, 0) is 28.6 Å². The van der Waals surface area contributed by atoms with E-state index in [9.17, 15) is 14.4 Å². The van der Waals surface area contributed by atoms with E-state index in [4.69, 9.17) is 14.2 Å². The standard InChI is InChI=1S/C53H90O6/c1-4-7-10-13-16-19-22-23-24-25-26-27-28-29-32-34-37-40-43-46-52(55)58-49-50(59-53(56)47-44-41-38-35-31-21-18-15-12-9-6-3)48-57-51(54)45-42-39-36-33-30-20-17-14-11-8-5-2/h15-16,18-19,23-24,26-27,29,32,37,40,50H,4-14,17,20-22,25,28,30-31,33-36,38-39,41-49H2,1-3H3/b18-15-,19-16-,24-23-,27-26-,32-29-,40-37-/t50-/m0/s1. The Hall–Kier alpha value is -3.15. The zero-order valence-electron chi connectivity index (χ0n) is 38.5. The maximum atomic E-state index is 12.7. The summed E-state index contributed by atoms with van der Waals surface area (Å²) in [6.07, 6.45) is 58.9. The number of hydrogen-bond donors (Lipinski definition) is 0. The number of carbonyl (C=O) groups excluding carboxylic acids is 3. The highest BCUT2D eigenvalue weighted by Crippen LogP contribution is 2.14. The van der Waals surface area contributed by atoms with E-state index in [0.717, 1.165) is 77.0 Å². The van der Waals surface area contributed by atoms with E-state index >= 15 is 0 Å². The lowest BCUT2D eigenvalue weighted by Crippen LogP contribution is -2.30. The summed E-state index contributed by atoms with van der Waals surface area (Å²) in [5.74, 6) is -1.00. The van der Waals surface area contributed by atoms with Crippen molar-refractivity contribution in [2.45, 2.75) is 232 Å². The van der Waals surface area contributed by atoms with Crippen LogP contribution >= 0.6 is 0 Å². The average Bonchev–Trinajstić information content (AvgIpc) is 3.23. The highest BCUT2D eigenvalue weighted by atomic mass is 16.6. The molecule has 0 aromatic rings. The Morgan fingerprint density at radius 3 is 1.15 bits per heavy atom. The van der Waals surface area contributed by atoms with E-state index in [-0.39, 0.29) is 37.5 Å². The second-order valence-electron chi connectivity index (χ2n) is 16.0. The monoisotopic (exact) mass is 823 g/mol. The van der Waals surface area contributed by atoms with Crippen LogP contribution in [0.15, 0.2) is 72.9 Å². The zero-order valence-corrected chi connectivity index (χ0v) is 38.5. The molecule has 0 fully saturated rings. The van der Waals surface area contributed by atoms with E-state index in [1.54, 1.807) is 0 Å². The molecule has 0 saturated carbocycles. The molecule has 0 rings (SSSR count). The second kappa shape index (κ2) is 47.5. The minimum atomic E-state index is -0.805. The minimum absolute atomic E-state index is 0.101. The molecule has 0 aromatic heterocycles. The number of hydrogen-bond acceptors (Lipinski definition) is 6. The van der Waals surface area contributed by atoms with Crippen molar-refractivity contribution in [3.8, 4) is 0 Å². The van der Waals surface area contributed by atoms with Gasteiger partial charge in [0.25, 0.3) is 0 Å². The van der Waals surface area contributed by atoms with Gasteiger partial charge in [-0.05, 0) is 77.0 Å². The minimum Gasteiger partial charge on any atom is -0.462 e. The van der Waals surface area contributed by atoms with E-state index in [0.29, 0.717) is 19.3 Å². The van der Waals surface area contributed by atoms with Crippen LogP contribution < -0.4 is 0 Å². The molecular weight excluding hydrogens is 733 g/mol. The third-order valence-corrected chi connectivity index (χ3v) is 10.2. The highest BCUT2D eigenvalue weighted by Gasteiger charge is 2.19. The fraction of sp³-hybridized carbons (Fsp3) is 0.717. The summed E-state index contributed by atoms with van der Waals surface area (Å²) < 4.78 is 16.7. The second-order valence-corrected chi connectivity index (χ2v) is 16.0. The number of carbonyl (C=O) groups is 3. The van der Waals surface area contributed by atoms with Gasteiger partial charge < -0.3 is 14.2 Å². The first-order chi connectivity index (χ1) is 29.0. The van der Waals surface area contributed by atoms with Gasteiger partial charge in [-0.25, -0.2) is 0 Å². The quantitative estimate of drug-likeness (QED) is 0.0264. The molecule has 0 amide bonds. The average molecular weight is 823 g/mol. The topological polar surface area (TPSA) is 78.9 Å². The molecule has 1 atom stereocenters. The van der Waals surface area contributed by atoms with Gasteiger partial charge in [-0.2, -0.15) is 0 Å². The Kier molecular flexibility index (Phi) is 45.0. The zero-order chi connectivity index (χ0) is 43.0. The van der Waals surface area contributed by atoms with Gasteiger partial charge in [0.15, 0.2) is 6.10 Å². The molecule has 0 heterocycles. The lowest BCUT2D eigenvalue weighted by atomic mass is 10.1. The van der Waals surface area contributed by atoms with Crippen molar-refractivity contribution < 1.29 is 28.6 Å². The summed E-state index contributed by atoms with van der Waals surface area (Å²) in [7, 11) is 0. The maximum Gasteiger partial charge on any atom is 0.306 e. The molecule has 0 radical (unpaired) electrons. The predicted molar refractivity (Wildman–Crippen MR) is 251 cm³/mol. The number of esters is 3. The molecule has 0 aromatic carbocycles. The first kappa shape index (κ1) is 55.9. The SMILES string of the molecule is CCCC/C=C\CCCCCCCC(=O)O[C@H](COC(=O)CC/C=C\C/C=C\C/C=C\C/C=C\C/C=C\CCCCC)COC(=O)CCCCCCCCCCCCC. The van der Waals surface area contributed by atoms with Gasteiger partial charge >= 0.3 is 17.9 Å². The Bertz CT molecular complexity index is 1130. The molecule has 0 N–H and O–H groups in total. The molecule has 338 valence electrons. The predicted octanol–water partition coefficient (Wildman–Crippen LogP) is 15.9. The van der Waals surface area contributed by atoms with Gasteiger partial charge in [0.2, 0.25) is 0 Å². The Morgan fingerprint density at radius 1 is 0.339 bits per heavy atom. The molecule has 59 heavy (non-hydrogen) atoms. The van der Waals surface area contributed by atoms with Gasteiger partial charge in [-0.3, -0.25) is 14.4 Å². The van der Waals surface area contributed by atoms with Gasteiger partial charge in [0.1, 0.15) is 13.2 Å². The van der Waals surface area contributed by atoms with Gasteiger partial charge in [0, 0.05) is 19.3 Å². The fourth-order valence-electron chi connectivity index (χ4n) is 6.46. The van der Waals surface area contributed by atoms with Crippen molar-refractivity contribution >= 4 is 17.9 Å². The van der Waals surface area contributed by atoms with Crippen molar-refractivity contribution in [3.05, 3.63) is 72.9 Å². The van der Waals surface area contributed by atoms with E-state index in [1.807, 2.05) is 6.08 Å². The summed E-state index contributed by atoms with van der Waals surface area (Å²) in [6.45, 7) is 6.48. The molecule has 0 aliphatic heterocycles. The molecule has 0 saturated heterocycles. The van der Waals surface area contributed by atoms with Crippen molar-refractivity contribution in [1.29, 1.82) is 0 Å². The van der Waals surface area contributed by atoms with Crippen molar-refractivity contribution in [1.82, 2.24) is 0 Å². The number of rotatable bonds is 43. The fourth-order valence-corrected chi connectivity index (χ4v) is 6.46. The van der Waals surface area contributed by atoms with Crippen molar-refractivity contribution in [2.75, 3.05) is 13.2 Å². The van der Waals surface area contributed by atoms with Crippen LogP contribution in [0.1, 0.15) is 226 Å². The number of allylic oxidation sites excluding steroid dienone is 12. The molecule has 0 aliphatic carbocycles. The van der Waals surface area contributed by atoms with Crippen LogP contribution in [0.25, 0.3) is 0 Å². The van der Waals surface area contributed by atoms with Crippen LogP contribution in [0.2, 0.25) is 0 Å². The largest absolute Gasteiger partial charge is 0.462 e. The molecule has 0 aliphatic rings. The first-order valence-electron chi connectivity index (χ1n) is 24.4. The van der Waals surface area contributed by atoms with Crippen LogP contribution in [0.5, 0.6) is 0 Å². The van der Waals surface area contributed by atoms with Gasteiger partial charge in [0.05, 0.1) is 0 Å². The summed E-state index contributed by atoms with van der Waals surface area (Å²) >= 11 is 0. The summed E-state index contributed by atoms with van der Waals surface area (Å²) in [4.78, 5) is 37.8. The number of unbranched alkanes of at least 4 members (excludes halogenated alkanes) is 20. The van der Waals surface area contributed by atoms with Crippen LogP contribution in [0, 0.1) is 0 Å². The van der Waals surface area contributed by atoms with E-state index in [2.05, 4.69) is 87.6 Å². The van der Waals surface area contributed by atoms with Gasteiger partial charge in [-0.1, -0.05) is 203 Å². The Balaban J connectivity index is 4.47. The maximum absolute atomic E-state index is 12.7. The van der Waals surface area contributed by atoms with E-state index < -0.39 is 6.10 Å². The third kappa shape index (κ3) is 45.8. The molecule has 0 unspecified atom stereocenters. The lowest BCUT2D eigenvalue weighted by molar-refractivity contribution is -0.166. The molecular formula is C53H90O6. The van der Waals surface area contributed by atoms with Crippen LogP contribution in [0.4, 0.5) is 0 Å². The van der Waals surface area contributed by atoms with Crippen molar-refractivity contribution in [3.63, 3.8) is 0 Å². The Morgan fingerprint density at radius 2 is 0.661 bits per heavy atom. The molecule has 6 heteroatoms. The smallest absolute Gasteiger partial charge is 0.306 e. The number of ether oxygens (including phenoxy) is 3. The van der Waals surface area contributed by atoms with Crippen LogP contribution in [0.3, 0.4) is 0 Å². The summed E-state index contributed by atoms with van der Waals surface area (Å²) in [6, 6.07) is 0.